The number of aryl methyl sites for hydroxylation is 1. The monoisotopic (exact) mass is 368 g/mol. The molecule has 0 aliphatic heterocycles. The third-order valence-electron chi connectivity index (χ3n) is 3.27. The van der Waals surface area contributed by atoms with Crippen molar-refractivity contribution in [3.8, 4) is 0 Å². The second-order valence-corrected chi connectivity index (χ2v) is 6.71. The van der Waals surface area contributed by atoms with Crippen LogP contribution in [-0.4, -0.2) is 11.8 Å². The van der Waals surface area contributed by atoms with Gasteiger partial charge in [0, 0.05) is 16.7 Å². The van der Waals surface area contributed by atoms with Gasteiger partial charge in [-0.3, -0.25) is 11.3 Å². The lowest BCUT2D eigenvalue weighted by Gasteiger charge is -2.17. The van der Waals surface area contributed by atoms with E-state index in [4.69, 9.17) is 5.84 Å². The van der Waals surface area contributed by atoms with Gasteiger partial charge in [-0.1, -0.05) is 30.3 Å². The number of hydrogen-bond donors (Lipinski definition) is 2. The standard InChI is InChI=1S/C16H18BrFN2S/c1-11-5-2-3-8-15(11)21-10-13(20-19)9-12-6-4-7-14(18)16(12)17/h2-8,13,20H,9-10,19H2,1H3. The van der Waals surface area contributed by atoms with Crippen molar-refractivity contribution >= 4 is 27.7 Å². The number of hydrazine groups is 1. The van der Waals surface area contributed by atoms with Crippen LogP contribution in [0.1, 0.15) is 11.1 Å². The van der Waals surface area contributed by atoms with Gasteiger partial charge in [-0.25, -0.2) is 4.39 Å². The molecule has 0 fully saturated rings. The molecule has 0 aliphatic rings. The highest BCUT2D eigenvalue weighted by atomic mass is 79.9. The molecule has 0 amide bonds. The maximum Gasteiger partial charge on any atom is 0.137 e. The van der Waals surface area contributed by atoms with Crippen molar-refractivity contribution in [1.82, 2.24) is 5.43 Å². The molecule has 0 saturated heterocycles. The van der Waals surface area contributed by atoms with Crippen LogP contribution in [0.5, 0.6) is 0 Å². The third kappa shape index (κ3) is 4.54. The van der Waals surface area contributed by atoms with Crippen LogP contribution in [0.4, 0.5) is 4.39 Å². The highest BCUT2D eigenvalue weighted by Gasteiger charge is 2.13. The second-order valence-electron chi connectivity index (χ2n) is 4.86. The first-order chi connectivity index (χ1) is 10.1. The molecular weight excluding hydrogens is 351 g/mol. The third-order valence-corrected chi connectivity index (χ3v) is 5.49. The van der Waals surface area contributed by atoms with Gasteiger partial charge in [-0.15, -0.1) is 11.8 Å². The van der Waals surface area contributed by atoms with E-state index in [0.717, 1.165) is 11.3 Å². The van der Waals surface area contributed by atoms with E-state index >= 15 is 0 Å². The Hall–Kier alpha value is -0.880. The number of nitrogens with two attached hydrogens (primary N) is 1. The molecular formula is C16H18BrFN2S. The van der Waals surface area contributed by atoms with E-state index in [1.54, 1.807) is 17.8 Å². The van der Waals surface area contributed by atoms with Crippen LogP contribution >= 0.6 is 27.7 Å². The zero-order chi connectivity index (χ0) is 15.2. The number of halogens is 2. The average molecular weight is 369 g/mol. The quantitative estimate of drug-likeness (QED) is 0.458. The molecule has 0 saturated carbocycles. The second kappa shape index (κ2) is 7.94. The number of nitrogens with one attached hydrogen (secondary N) is 1. The minimum atomic E-state index is -0.241. The van der Waals surface area contributed by atoms with E-state index in [0.29, 0.717) is 10.9 Å². The van der Waals surface area contributed by atoms with E-state index in [9.17, 15) is 4.39 Å². The Labute approximate surface area is 137 Å². The van der Waals surface area contributed by atoms with E-state index in [1.165, 1.54) is 16.5 Å². The average Bonchev–Trinajstić information content (AvgIpc) is 2.49. The molecule has 1 unspecified atom stereocenters. The van der Waals surface area contributed by atoms with Crippen LogP contribution < -0.4 is 11.3 Å². The zero-order valence-electron chi connectivity index (χ0n) is 11.8. The fourth-order valence-corrected chi connectivity index (χ4v) is 3.54. The molecule has 21 heavy (non-hydrogen) atoms. The first-order valence-corrected chi connectivity index (χ1v) is 8.47. The molecule has 0 spiro atoms. The number of rotatable bonds is 6. The van der Waals surface area contributed by atoms with Crippen LogP contribution in [-0.2, 0) is 6.42 Å². The van der Waals surface area contributed by atoms with E-state index in [-0.39, 0.29) is 11.9 Å². The Kier molecular flexibility index (Phi) is 6.23. The summed E-state index contributed by atoms with van der Waals surface area (Å²) in [6, 6.07) is 13.4. The van der Waals surface area contributed by atoms with Crippen LogP contribution in [0.25, 0.3) is 0 Å². The van der Waals surface area contributed by atoms with Crippen LogP contribution in [0.3, 0.4) is 0 Å². The molecule has 0 bridgehead atoms. The van der Waals surface area contributed by atoms with Gasteiger partial charge in [-0.2, -0.15) is 0 Å². The number of benzene rings is 2. The number of thioether (sulfide) groups is 1. The topological polar surface area (TPSA) is 38.0 Å². The summed E-state index contributed by atoms with van der Waals surface area (Å²) in [5.41, 5.74) is 5.00. The van der Waals surface area contributed by atoms with E-state index < -0.39 is 0 Å². The first-order valence-electron chi connectivity index (χ1n) is 6.69. The Morgan fingerprint density at radius 1 is 1.24 bits per heavy atom. The molecule has 2 aromatic carbocycles. The molecule has 5 heteroatoms. The van der Waals surface area contributed by atoms with Crippen molar-refractivity contribution < 1.29 is 4.39 Å². The van der Waals surface area contributed by atoms with E-state index in [1.807, 2.05) is 18.2 Å². The van der Waals surface area contributed by atoms with Gasteiger partial charge in [0.2, 0.25) is 0 Å². The van der Waals surface area contributed by atoms with Gasteiger partial charge >= 0.3 is 0 Å². The minimum Gasteiger partial charge on any atom is -0.271 e. The molecule has 112 valence electrons. The highest BCUT2D eigenvalue weighted by molar-refractivity contribution is 9.10. The summed E-state index contributed by atoms with van der Waals surface area (Å²) in [5.74, 6) is 6.22. The predicted octanol–water partition coefficient (Wildman–Crippen LogP) is 4.06. The summed E-state index contributed by atoms with van der Waals surface area (Å²) in [7, 11) is 0. The van der Waals surface area contributed by atoms with Crippen molar-refractivity contribution in [2.24, 2.45) is 5.84 Å². The molecule has 0 radical (unpaired) electrons. The molecule has 0 aromatic heterocycles. The maximum absolute atomic E-state index is 13.5. The van der Waals surface area contributed by atoms with Gasteiger partial charge < -0.3 is 0 Å². The Morgan fingerprint density at radius 3 is 2.71 bits per heavy atom. The molecule has 1 atom stereocenters. The molecule has 3 N–H and O–H groups in total. The lowest BCUT2D eigenvalue weighted by atomic mass is 10.1. The SMILES string of the molecule is Cc1ccccc1SCC(Cc1cccc(F)c1Br)NN. The largest absolute Gasteiger partial charge is 0.271 e. The van der Waals surface area contributed by atoms with Crippen molar-refractivity contribution in [1.29, 1.82) is 0 Å². The first kappa shape index (κ1) is 16.5. The van der Waals surface area contributed by atoms with Crippen LogP contribution in [0.15, 0.2) is 51.8 Å². The summed E-state index contributed by atoms with van der Waals surface area (Å²) in [6.07, 6.45) is 0.674. The molecule has 2 nitrogen and oxygen atoms in total. The summed E-state index contributed by atoms with van der Waals surface area (Å²) in [5, 5.41) is 0. The van der Waals surface area contributed by atoms with Gasteiger partial charge in [0.1, 0.15) is 5.82 Å². The summed E-state index contributed by atoms with van der Waals surface area (Å²) < 4.78 is 14.1. The summed E-state index contributed by atoms with van der Waals surface area (Å²) in [4.78, 5) is 1.25. The van der Waals surface area contributed by atoms with Gasteiger partial charge in [-0.05, 0) is 52.5 Å². The molecule has 2 aromatic rings. The minimum absolute atomic E-state index is 0.0766. The fourth-order valence-electron chi connectivity index (χ4n) is 2.05. The smallest absolute Gasteiger partial charge is 0.137 e. The summed E-state index contributed by atoms with van der Waals surface area (Å²) in [6.45, 7) is 2.09. The van der Waals surface area contributed by atoms with Gasteiger partial charge in [0.05, 0.1) is 4.47 Å². The van der Waals surface area contributed by atoms with E-state index in [2.05, 4.69) is 40.4 Å². The molecule has 0 heterocycles. The lowest BCUT2D eigenvalue weighted by molar-refractivity contribution is 0.568. The van der Waals surface area contributed by atoms with Crippen LogP contribution in [0, 0.1) is 12.7 Å². The summed E-state index contributed by atoms with van der Waals surface area (Å²) >= 11 is 5.05. The van der Waals surface area contributed by atoms with Gasteiger partial charge in [0.25, 0.3) is 0 Å². The zero-order valence-corrected chi connectivity index (χ0v) is 14.2. The van der Waals surface area contributed by atoms with Crippen molar-refractivity contribution in [2.75, 3.05) is 5.75 Å². The number of hydrogen-bond acceptors (Lipinski definition) is 3. The molecule has 0 aliphatic carbocycles. The Balaban J connectivity index is 2.01. The Bertz CT molecular complexity index is 607. The van der Waals surface area contributed by atoms with Gasteiger partial charge in [0.15, 0.2) is 0 Å². The molecule has 2 rings (SSSR count). The fraction of sp³-hybridized carbons (Fsp3) is 0.250. The van der Waals surface area contributed by atoms with Crippen LogP contribution in [0.2, 0.25) is 0 Å². The Morgan fingerprint density at radius 2 is 2.00 bits per heavy atom. The highest BCUT2D eigenvalue weighted by Crippen LogP contribution is 2.25. The lowest BCUT2D eigenvalue weighted by Crippen LogP contribution is -2.38. The van der Waals surface area contributed by atoms with Crippen molar-refractivity contribution in [2.45, 2.75) is 24.3 Å². The predicted molar refractivity (Wildman–Crippen MR) is 90.8 cm³/mol. The normalized spacial score (nSPS) is 12.4. The van der Waals surface area contributed by atoms with Crippen molar-refractivity contribution in [3.63, 3.8) is 0 Å². The maximum atomic E-state index is 13.5. The van der Waals surface area contributed by atoms with Crippen molar-refractivity contribution in [3.05, 3.63) is 63.9 Å².